The number of ketones is 1. The molecule has 0 saturated heterocycles. The SMILES string of the molecule is C=Cn1c(/C(N)=C/C(=O)c2ccccc2)cc(CCC)c1CCCC. The maximum Gasteiger partial charge on any atom is 0.187 e. The van der Waals surface area contributed by atoms with E-state index in [1.54, 1.807) is 18.3 Å². The van der Waals surface area contributed by atoms with Crippen LogP contribution in [0.5, 0.6) is 0 Å². The number of nitrogens with two attached hydrogens (primary N) is 1. The van der Waals surface area contributed by atoms with Crippen LogP contribution in [0.1, 0.15) is 60.4 Å². The van der Waals surface area contributed by atoms with Crippen molar-refractivity contribution in [2.45, 2.75) is 46.0 Å². The summed E-state index contributed by atoms with van der Waals surface area (Å²) in [6, 6.07) is 11.3. The molecule has 0 aliphatic rings. The molecule has 1 heterocycles. The lowest BCUT2D eigenvalue weighted by molar-refractivity contribution is 0.104. The van der Waals surface area contributed by atoms with Gasteiger partial charge in [0.1, 0.15) is 0 Å². The Morgan fingerprint density at radius 3 is 2.48 bits per heavy atom. The highest BCUT2D eigenvalue weighted by Crippen LogP contribution is 2.24. The van der Waals surface area contributed by atoms with E-state index < -0.39 is 0 Å². The van der Waals surface area contributed by atoms with Crippen molar-refractivity contribution in [2.24, 2.45) is 5.73 Å². The molecule has 1 aromatic heterocycles. The fourth-order valence-electron chi connectivity index (χ4n) is 3.06. The molecule has 0 atom stereocenters. The molecule has 0 aliphatic heterocycles. The van der Waals surface area contributed by atoms with E-state index >= 15 is 0 Å². The Morgan fingerprint density at radius 2 is 1.88 bits per heavy atom. The molecule has 1 aromatic carbocycles. The van der Waals surface area contributed by atoms with E-state index in [0.717, 1.165) is 37.8 Å². The fourth-order valence-corrected chi connectivity index (χ4v) is 3.06. The van der Waals surface area contributed by atoms with Gasteiger partial charge in [0.15, 0.2) is 5.78 Å². The Kier molecular flexibility index (Phi) is 6.81. The van der Waals surface area contributed by atoms with Gasteiger partial charge < -0.3 is 10.3 Å². The minimum absolute atomic E-state index is 0.0814. The van der Waals surface area contributed by atoms with Crippen molar-refractivity contribution in [2.75, 3.05) is 0 Å². The van der Waals surface area contributed by atoms with Crippen molar-refractivity contribution >= 4 is 17.7 Å². The summed E-state index contributed by atoms with van der Waals surface area (Å²) in [6.45, 7) is 8.31. The lowest BCUT2D eigenvalue weighted by atomic mass is 10.1. The molecule has 3 nitrogen and oxygen atoms in total. The summed E-state index contributed by atoms with van der Waals surface area (Å²) in [7, 11) is 0. The first kappa shape index (κ1) is 18.8. The van der Waals surface area contributed by atoms with Crippen LogP contribution < -0.4 is 5.73 Å². The van der Waals surface area contributed by atoms with Crippen LogP contribution in [0.15, 0.2) is 49.1 Å². The summed E-state index contributed by atoms with van der Waals surface area (Å²) in [5, 5.41) is 0. The number of benzene rings is 1. The molecule has 0 amide bonds. The molecule has 0 fully saturated rings. The van der Waals surface area contributed by atoms with E-state index in [-0.39, 0.29) is 5.78 Å². The largest absolute Gasteiger partial charge is 0.397 e. The van der Waals surface area contributed by atoms with E-state index in [2.05, 4.69) is 26.5 Å². The van der Waals surface area contributed by atoms with Gasteiger partial charge in [0.2, 0.25) is 0 Å². The summed E-state index contributed by atoms with van der Waals surface area (Å²) >= 11 is 0. The molecule has 2 rings (SSSR count). The summed E-state index contributed by atoms with van der Waals surface area (Å²) in [6.07, 6.45) is 8.66. The van der Waals surface area contributed by atoms with Crippen LogP contribution in [-0.2, 0) is 12.8 Å². The van der Waals surface area contributed by atoms with Crippen LogP contribution in [0.3, 0.4) is 0 Å². The van der Waals surface area contributed by atoms with Crippen LogP contribution in [0.25, 0.3) is 11.9 Å². The van der Waals surface area contributed by atoms with Crippen LogP contribution in [0, 0.1) is 0 Å². The third-order valence-corrected chi connectivity index (χ3v) is 4.34. The summed E-state index contributed by atoms with van der Waals surface area (Å²) < 4.78 is 2.05. The predicted molar refractivity (Wildman–Crippen MR) is 106 cm³/mol. The Morgan fingerprint density at radius 1 is 1.16 bits per heavy atom. The maximum absolute atomic E-state index is 12.4. The Balaban J connectivity index is 2.41. The minimum atomic E-state index is -0.0814. The highest BCUT2D eigenvalue weighted by atomic mass is 16.1. The van der Waals surface area contributed by atoms with Gasteiger partial charge in [0.25, 0.3) is 0 Å². The Bertz CT molecular complexity index is 754. The van der Waals surface area contributed by atoms with Crippen molar-refractivity contribution in [3.8, 4) is 0 Å². The summed E-state index contributed by atoms with van der Waals surface area (Å²) in [4.78, 5) is 12.4. The first-order chi connectivity index (χ1) is 12.1. The molecule has 3 heteroatoms. The van der Waals surface area contributed by atoms with Gasteiger partial charge in [-0.1, -0.05) is 63.6 Å². The van der Waals surface area contributed by atoms with Gasteiger partial charge in [-0.15, -0.1) is 0 Å². The number of unbranched alkanes of at least 4 members (excludes halogenated alkanes) is 1. The monoisotopic (exact) mass is 336 g/mol. The minimum Gasteiger partial charge on any atom is -0.397 e. The summed E-state index contributed by atoms with van der Waals surface area (Å²) in [5.74, 6) is -0.0814. The number of nitrogens with zero attached hydrogens (tertiary/aromatic N) is 1. The van der Waals surface area contributed by atoms with E-state index in [1.165, 1.54) is 17.3 Å². The average molecular weight is 336 g/mol. The molecule has 0 radical (unpaired) electrons. The van der Waals surface area contributed by atoms with E-state index in [1.807, 2.05) is 22.8 Å². The highest BCUT2D eigenvalue weighted by Gasteiger charge is 2.15. The quantitative estimate of drug-likeness (QED) is 0.513. The smallest absolute Gasteiger partial charge is 0.187 e. The number of hydrogen-bond acceptors (Lipinski definition) is 2. The molecule has 2 aromatic rings. The number of aryl methyl sites for hydroxylation is 1. The van der Waals surface area contributed by atoms with Gasteiger partial charge in [-0.3, -0.25) is 4.79 Å². The first-order valence-electron chi connectivity index (χ1n) is 9.04. The van der Waals surface area contributed by atoms with Gasteiger partial charge in [0.05, 0.1) is 11.4 Å². The topological polar surface area (TPSA) is 48.0 Å². The zero-order chi connectivity index (χ0) is 18.2. The van der Waals surface area contributed by atoms with E-state index in [4.69, 9.17) is 5.73 Å². The third-order valence-electron chi connectivity index (χ3n) is 4.34. The molecule has 0 spiro atoms. The summed E-state index contributed by atoms with van der Waals surface area (Å²) in [5.41, 5.74) is 10.8. The number of aromatic nitrogens is 1. The zero-order valence-electron chi connectivity index (χ0n) is 15.3. The number of allylic oxidation sites excluding steroid dienone is 1. The highest BCUT2D eigenvalue weighted by molar-refractivity contribution is 6.08. The predicted octanol–water partition coefficient (Wildman–Crippen LogP) is 5.07. The van der Waals surface area contributed by atoms with Crippen molar-refractivity contribution in [3.63, 3.8) is 0 Å². The Hall–Kier alpha value is -2.55. The first-order valence-corrected chi connectivity index (χ1v) is 9.04. The lowest BCUT2D eigenvalue weighted by Crippen LogP contribution is -2.07. The number of hydrogen-bond donors (Lipinski definition) is 1. The zero-order valence-corrected chi connectivity index (χ0v) is 15.3. The number of rotatable bonds is 9. The second kappa shape index (κ2) is 9.07. The van der Waals surface area contributed by atoms with Crippen LogP contribution in [0.4, 0.5) is 0 Å². The maximum atomic E-state index is 12.4. The second-order valence-corrected chi connectivity index (χ2v) is 6.24. The van der Waals surface area contributed by atoms with Crippen molar-refractivity contribution in [1.82, 2.24) is 4.57 Å². The third kappa shape index (κ3) is 4.50. The van der Waals surface area contributed by atoms with Crippen LogP contribution in [-0.4, -0.2) is 10.4 Å². The molecule has 0 aliphatic carbocycles. The molecule has 132 valence electrons. The van der Waals surface area contributed by atoms with Crippen molar-refractivity contribution in [3.05, 3.63) is 71.6 Å². The Labute approximate surface area is 150 Å². The number of carbonyl (C=O) groups excluding carboxylic acids is 1. The molecule has 0 bridgehead atoms. The standard InChI is InChI=1S/C22H28N2O/c1-4-7-14-20-18(11-5-2)15-21(24(20)6-3)19(23)16-22(25)17-12-9-8-10-13-17/h6,8-10,12-13,15-16H,3-5,7,11,14,23H2,1-2H3/b19-16-. The van der Waals surface area contributed by atoms with Gasteiger partial charge in [-0.05, 0) is 30.9 Å². The van der Waals surface area contributed by atoms with Crippen LogP contribution >= 0.6 is 0 Å². The molecule has 0 saturated carbocycles. The van der Waals surface area contributed by atoms with Crippen molar-refractivity contribution in [1.29, 1.82) is 0 Å². The second-order valence-electron chi connectivity index (χ2n) is 6.24. The van der Waals surface area contributed by atoms with Gasteiger partial charge in [0, 0.05) is 23.5 Å². The average Bonchev–Trinajstić information content (AvgIpc) is 2.98. The lowest BCUT2D eigenvalue weighted by Gasteiger charge is -2.10. The number of carbonyl (C=O) groups is 1. The van der Waals surface area contributed by atoms with Crippen LogP contribution in [0.2, 0.25) is 0 Å². The van der Waals surface area contributed by atoms with E-state index in [0.29, 0.717) is 11.3 Å². The van der Waals surface area contributed by atoms with Gasteiger partial charge in [-0.2, -0.15) is 0 Å². The normalized spacial score (nSPS) is 11.5. The van der Waals surface area contributed by atoms with E-state index in [9.17, 15) is 4.79 Å². The van der Waals surface area contributed by atoms with Gasteiger partial charge in [-0.25, -0.2) is 0 Å². The molecule has 25 heavy (non-hydrogen) atoms. The molecular formula is C22H28N2O. The molecular weight excluding hydrogens is 308 g/mol. The van der Waals surface area contributed by atoms with Crippen molar-refractivity contribution < 1.29 is 4.79 Å². The molecule has 0 unspecified atom stereocenters. The fraction of sp³-hybridized carbons (Fsp3) is 0.318. The molecule has 2 N–H and O–H groups in total. The van der Waals surface area contributed by atoms with Gasteiger partial charge >= 0.3 is 0 Å².